The monoisotopic (exact) mass is 390 g/mol. The van der Waals surface area contributed by atoms with Crippen LogP contribution in [0.25, 0.3) is 5.69 Å². The van der Waals surface area contributed by atoms with Crippen LogP contribution >= 0.6 is 24.8 Å². The van der Waals surface area contributed by atoms with Gasteiger partial charge >= 0.3 is 0 Å². The molecule has 0 spiro atoms. The van der Waals surface area contributed by atoms with Crippen molar-refractivity contribution >= 4 is 30.5 Å². The van der Waals surface area contributed by atoms with Crippen LogP contribution < -0.4 is 4.90 Å². The third-order valence-electron chi connectivity index (χ3n) is 4.57. The van der Waals surface area contributed by atoms with Gasteiger partial charge in [0.25, 0.3) is 0 Å². The summed E-state index contributed by atoms with van der Waals surface area (Å²) in [5.74, 6) is 0. The van der Waals surface area contributed by atoms with Crippen LogP contribution in [0, 0.1) is 0 Å². The number of hydrogen-bond acceptors (Lipinski definition) is 3. The van der Waals surface area contributed by atoms with E-state index in [-0.39, 0.29) is 24.8 Å². The van der Waals surface area contributed by atoms with Crippen molar-refractivity contribution in [3.63, 3.8) is 0 Å². The minimum Gasteiger partial charge on any atom is -0.369 e. The lowest BCUT2D eigenvalue weighted by molar-refractivity contribution is 0.247. The van der Waals surface area contributed by atoms with Gasteiger partial charge < -0.3 is 9.47 Å². The Morgan fingerprint density at radius 1 is 0.731 bits per heavy atom. The van der Waals surface area contributed by atoms with E-state index in [0.717, 1.165) is 44.1 Å². The third kappa shape index (κ3) is 4.79. The molecule has 3 aromatic rings. The number of imidazole rings is 1. The Kier molecular flexibility index (Phi) is 7.51. The van der Waals surface area contributed by atoms with Gasteiger partial charge in [0.2, 0.25) is 0 Å². The highest BCUT2D eigenvalue weighted by atomic mass is 35.5. The van der Waals surface area contributed by atoms with Crippen molar-refractivity contribution in [3.05, 3.63) is 78.9 Å². The molecule has 2 heterocycles. The number of halogens is 2. The lowest BCUT2D eigenvalue weighted by Gasteiger charge is -2.35. The lowest BCUT2D eigenvalue weighted by atomic mass is 10.2. The van der Waals surface area contributed by atoms with Gasteiger partial charge in [-0.25, -0.2) is 4.98 Å². The fourth-order valence-electron chi connectivity index (χ4n) is 3.22. The molecule has 26 heavy (non-hydrogen) atoms. The molecule has 0 bridgehead atoms. The largest absolute Gasteiger partial charge is 0.369 e. The highest BCUT2D eigenvalue weighted by Gasteiger charge is 2.17. The van der Waals surface area contributed by atoms with Crippen molar-refractivity contribution in [1.29, 1.82) is 0 Å². The van der Waals surface area contributed by atoms with E-state index in [1.54, 1.807) is 0 Å². The molecular formula is C20H24Cl2N4. The van der Waals surface area contributed by atoms with Crippen molar-refractivity contribution in [2.75, 3.05) is 31.1 Å². The second-order valence-electron chi connectivity index (χ2n) is 6.21. The van der Waals surface area contributed by atoms with E-state index in [4.69, 9.17) is 0 Å². The molecule has 1 saturated heterocycles. The minimum atomic E-state index is 0. The number of rotatable bonds is 4. The fraction of sp³-hybridized carbons (Fsp3) is 0.250. The van der Waals surface area contributed by atoms with Gasteiger partial charge in [-0.2, -0.15) is 0 Å². The molecule has 1 aliphatic heterocycles. The maximum absolute atomic E-state index is 4.57. The molecule has 0 amide bonds. The Hall–Kier alpha value is -2.01. The number of anilines is 1. The molecule has 4 rings (SSSR count). The highest BCUT2D eigenvalue weighted by Crippen LogP contribution is 2.17. The van der Waals surface area contributed by atoms with E-state index in [1.807, 2.05) is 12.4 Å². The van der Waals surface area contributed by atoms with Crippen LogP contribution in [0.2, 0.25) is 0 Å². The van der Waals surface area contributed by atoms with Gasteiger partial charge in [-0.05, 0) is 24.3 Å². The highest BCUT2D eigenvalue weighted by molar-refractivity contribution is 5.85. The number of nitrogens with zero attached hydrogens (tertiary/aromatic N) is 4. The zero-order valence-electron chi connectivity index (χ0n) is 14.6. The molecule has 0 unspecified atom stereocenters. The van der Waals surface area contributed by atoms with E-state index in [0.29, 0.717) is 0 Å². The van der Waals surface area contributed by atoms with Crippen molar-refractivity contribution in [2.24, 2.45) is 0 Å². The van der Waals surface area contributed by atoms with Crippen LogP contribution in [-0.2, 0) is 6.54 Å². The van der Waals surface area contributed by atoms with E-state index in [1.165, 1.54) is 5.69 Å². The number of hydrogen-bond donors (Lipinski definition) is 0. The third-order valence-corrected chi connectivity index (χ3v) is 4.57. The van der Waals surface area contributed by atoms with Gasteiger partial charge in [0, 0.05) is 50.3 Å². The topological polar surface area (TPSA) is 24.3 Å². The first-order valence-corrected chi connectivity index (χ1v) is 8.49. The first-order valence-electron chi connectivity index (χ1n) is 8.49. The van der Waals surface area contributed by atoms with Crippen LogP contribution in [0.1, 0.15) is 5.69 Å². The Morgan fingerprint density at radius 2 is 1.31 bits per heavy atom. The molecule has 0 saturated carbocycles. The van der Waals surface area contributed by atoms with Gasteiger partial charge in [0.1, 0.15) is 0 Å². The number of para-hydroxylation sites is 2. The molecule has 1 fully saturated rings. The molecule has 0 N–H and O–H groups in total. The summed E-state index contributed by atoms with van der Waals surface area (Å²) in [4.78, 5) is 9.51. The molecule has 1 aliphatic rings. The summed E-state index contributed by atoms with van der Waals surface area (Å²) in [6.45, 7) is 5.22. The molecule has 6 heteroatoms. The first kappa shape index (κ1) is 20.3. The maximum Gasteiger partial charge on any atom is 0.0995 e. The predicted octanol–water partition coefficient (Wildman–Crippen LogP) is 4.04. The average molecular weight is 391 g/mol. The second-order valence-corrected chi connectivity index (χ2v) is 6.21. The maximum atomic E-state index is 4.57. The van der Waals surface area contributed by atoms with Crippen molar-refractivity contribution in [1.82, 2.24) is 14.5 Å². The Labute approximate surface area is 167 Å². The summed E-state index contributed by atoms with van der Waals surface area (Å²) in [6, 6.07) is 21.0. The van der Waals surface area contributed by atoms with Gasteiger partial charge in [0.15, 0.2) is 0 Å². The number of benzene rings is 2. The summed E-state index contributed by atoms with van der Waals surface area (Å²) < 4.78 is 2.09. The zero-order valence-corrected chi connectivity index (χ0v) is 16.2. The Balaban J connectivity index is 0.00000121. The van der Waals surface area contributed by atoms with E-state index in [2.05, 4.69) is 80.1 Å². The summed E-state index contributed by atoms with van der Waals surface area (Å²) in [7, 11) is 0. The average Bonchev–Trinajstić information content (AvgIpc) is 3.12. The van der Waals surface area contributed by atoms with E-state index in [9.17, 15) is 0 Å². The molecule has 138 valence electrons. The van der Waals surface area contributed by atoms with Gasteiger partial charge in [-0.3, -0.25) is 4.90 Å². The van der Waals surface area contributed by atoms with E-state index >= 15 is 0 Å². The quantitative estimate of drug-likeness (QED) is 0.671. The van der Waals surface area contributed by atoms with Crippen molar-refractivity contribution in [2.45, 2.75) is 6.54 Å². The first-order chi connectivity index (χ1) is 11.9. The molecule has 2 aromatic carbocycles. The van der Waals surface area contributed by atoms with Crippen molar-refractivity contribution < 1.29 is 0 Å². The molecule has 0 radical (unpaired) electrons. The second kappa shape index (κ2) is 9.62. The summed E-state index contributed by atoms with van der Waals surface area (Å²) in [5.41, 5.74) is 3.61. The molecule has 0 atom stereocenters. The van der Waals surface area contributed by atoms with Crippen molar-refractivity contribution in [3.8, 4) is 5.69 Å². The van der Waals surface area contributed by atoms with Crippen LogP contribution in [-0.4, -0.2) is 40.6 Å². The van der Waals surface area contributed by atoms with Crippen LogP contribution in [0.4, 0.5) is 5.69 Å². The smallest absolute Gasteiger partial charge is 0.0995 e. The summed E-state index contributed by atoms with van der Waals surface area (Å²) in [6.07, 6.45) is 4.05. The lowest BCUT2D eigenvalue weighted by Crippen LogP contribution is -2.46. The van der Waals surface area contributed by atoms with Gasteiger partial charge in [-0.1, -0.05) is 36.4 Å². The minimum absolute atomic E-state index is 0. The van der Waals surface area contributed by atoms with Crippen LogP contribution in [0.5, 0.6) is 0 Å². The fourth-order valence-corrected chi connectivity index (χ4v) is 3.22. The number of aromatic nitrogens is 2. The van der Waals surface area contributed by atoms with Gasteiger partial charge in [-0.15, -0.1) is 24.8 Å². The number of piperazine rings is 1. The summed E-state index contributed by atoms with van der Waals surface area (Å²) in [5, 5.41) is 0. The predicted molar refractivity (Wildman–Crippen MR) is 112 cm³/mol. The SMILES string of the molecule is Cl.Cl.c1ccc(N2CCN(Cc3cn(-c4ccccc4)cn3)CC2)cc1. The van der Waals surface area contributed by atoms with Crippen LogP contribution in [0.15, 0.2) is 73.2 Å². The molecule has 0 aliphatic carbocycles. The Morgan fingerprint density at radius 3 is 1.92 bits per heavy atom. The van der Waals surface area contributed by atoms with Gasteiger partial charge in [0.05, 0.1) is 12.0 Å². The Bertz CT molecular complexity index is 769. The normalized spacial score (nSPS) is 14.4. The molecule has 4 nitrogen and oxygen atoms in total. The van der Waals surface area contributed by atoms with Crippen LogP contribution in [0.3, 0.4) is 0 Å². The molecule has 1 aromatic heterocycles. The molecular weight excluding hydrogens is 367 g/mol. The van der Waals surface area contributed by atoms with E-state index < -0.39 is 0 Å². The standard InChI is InChI=1S/C20H22N4.2ClH/c1-3-7-19(8-4-1)23-13-11-22(12-14-23)15-18-16-24(17-21-18)20-9-5-2-6-10-20;;/h1-10,16-17H,11-15H2;2*1H. The zero-order chi connectivity index (χ0) is 16.2. The summed E-state index contributed by atoms with van der Waals surface area (Å²) >= 11 is 0.